The lowest BCUT2D eigenvalue weighted by molar-refractivity contribution is -0.173. The fraction of sp³-hybridized carbons (Fsp3) is 0.632. The molecule has 2 unspecified atom stereocenters. The van der Waals surface area contributed by atoms with E-state index < -0.39 is 12.2 Å². The van der Waals surface area contributed by atoms with Crippen LogP contribution in [0.15, 0.2) is 24.5 Å². The summed E-state index contributed by atoms with van der Waals surface area (Å²) in [7, 11) is 0. The van der Waals surface area contributed by atoms with Crippen LogP contribution in [0.3, 0.4) is 0 Å². The van der Waals surface area contributed by atoms with Crippen molar-refractivity contribution in [2.24, 2.45) is 0 Å². The Hall–Kier alpha value is -2.52. The number of fused-ring (bicyclic) bond motifs is 1. The van der Waals surface area contributed by atoms with Crippen molar-refractivity contribution in [3.63, 3.8) is 0 Å². The first-order chi connectivity index (χ1) is 13.7. The van der Waals surface area contributed by atoms with Crippen molar-refractivity contribution in [1.82, 2.24) is 24.5 Å². The second kappa shape index (κ2) is 7.38. The van der Waals surface area contributed by atoms with Crippen LogP contribution in [0.1, 0.15) is 63.4 Å². The third-order valence-corrected chi connectivity index (χ3v) is 5.76. The Labute approximate surface area is 166 Å². The molecule has 0 aliphatic carbocycles. The van der Waals surface area contributed by atoms with E-state index in [0.717, 1.165) is 11.1 Å². The highest BCUT2D eigenvalue weighted by atomic mass is 19.4. The Morgan fingerprint density at radius 2 is 2.21 bits per heavy atom. The monoisotopic (exact) mass is 410 g/mol. The van der Waals surface area contributed by atoms with Crippen molar-refractivity contribution in [3.8, 4) is 0 Å². The molecule has 1 saturated heterocycles. The molecule has 29 heavy (non-hydrogen) atoms. The second-order valence-electron chi connectivity index (χ2n) is 8.02. The number of nitrogens with zero attached hydrogens (tertiary/aromatic N) is 5. The zero-order valence-corrected chi connectivity index (χ0v) is 16.4. The van der Waals surface area contributed by atoms with Crippen LogP contribution in [0, 0.1) is 0 Å². The Morgan fingerprint density at radius 3 is 2.90 bits per heavy atom. The molecule has 2 aliphatic rings. The van der Waals surface area contributed by atoms with E-state index >= 15 is 0 Å². The van der Waals surface area contributed by atoms with E-state index in [2.05, 4.69) is 15.5 Å². The SMILES string of the molecule is CC(CC(=O)N1CCCC1c1cc2n(n1)[C@@H](C(F)(F)F)C[C@@H](C)N2)n1cccn1. The van der Waals surface area contributed by atoms with Crippen molar-refractivity contribution in [2.45, 2.75) is 69.9 Å². The van der Waals surface area contributed by atoms with E-state index in [1.54, 1.807) is 34.8 Å². The first-order valence-corrected chi connectivity index (χ1v) is 9.95. The van der Waals surface area contributed by atoms with Crippen LogP contribution >= 0.6 is 0 Å². The second-order valence-corrected chi connectivity index (χ2v) is 8.02. The molecule has 0 spiro atoms. The number of anilines is 1. The maximum absolute atomic E-state index is 13.5. The smallest absolute Gasteiger partial charge is 0.368 e. The maximum Gasteiger partial charge on any atom is 0.410 e. The lowest BCUT2D eigenvalue weighted by Crippen LogP contribution is -2.38. The van der Waals surface area contributed by atoms with Gasteiger partial charge in [0.25, 0.3) is 0 Å². The van der Waals surface area contributed by atoms with E-state index in [0.29, 0.717) is 24.5 Å². The van der Waals surface area contributed by atoms with Gasteiger partial charge in [0.15, 0.2) is 6.04 Å². The lowest BCUT2D eigenvalue weighted by Gasteiger charge is -2.31. The predicted octanol–water partition coefficient (Wildman–Crippen LogP) is 3.70. The van der Waals surface area contributed by atoms with Gasteiger partial charge in [-0.2, -0.15) is 23.4 Å². The lowest BCUT2D eigenvalue weighted by atomic mass is 10.1. The van der Waals surface area contributed by atoms with Crippen LogP contribution in [0.5, 0.6) is 0 Å². The highest BCUT2D eigenvalue weighted by Gasteiger charge is 2.46. The molecular weight excluding hydrogens is 385 g/mol. The molecule has 0 bridgehead atoms. The summed E-state index contributed by atoms with van der Waals surface area (Å²) in [6.45, 7) is 4.24. The molecule has 1 N–H and O–H groups in total. The third-order valence-electron chi connectivity index (χ3n) is 5.76. The molecule has 2 aromatic rings. The number of aromatic nitrogens is 4. The van der Waals surface area contributed by atoms with Gasteiger partial charge < -0.3 is 10.2 Å². The molecule has 7 nitrogen and oxygen atoms in total. The number of carbonyl (C=O) groups is 1. The molecular formula is C19H25F3N6O. The molecule has 158 valence electrons. The topological polar surface area (TPSA) is 68.0 Å². The first kappa shape index (κ1) is 19.8. The molecule has 4 rings (SSSR count). The largest absolute Gasteiger partial charge is 0.410 e. The van der Waals surface area contributed by atoms with Gasteiger partial charge in [-0.25, -0.2) is 4.68 Å². The Morgan fingerprint density at radius 1 is 1.41 bits per heavy atom. The minimum atomic E-state index is -4.36. The van der Waals surface area contributed by atoms with Crippen molar-refractivity contribution >= 4 is 11.7 Å². The van der Waals surface area contributed by atoms with E-state index in [4.69, 9.17) is 0 Å². The Kier molecular flexibility index (Phi) is 5.04. The number of halogens is 3. The molecule has 1 fully saturated rings. The first-order valence-electron chi connectivity index (χ1n) is 9.95. The van der Waals surface area contributed by atoms with Gasteiger partial charge in [-0.1, -0.05) is 0 Å². The van der Waals surface area contributed by atoms with Crippen LogP contribution < -0.4 is 5.32 Å². The van der Waals surface area contributed by atoms with E-state index in [9.17, 15) is 18.0 Å². The van der Waals surface area contributed by atoms with E-state index in [1.807, 2.05) is 13.1 Å². The number of alkyl halides is 3. The standard InChI is InChI=1S/C19H25F3N6O/c1-12-9-16(19(20,21)22)28-17(24-12)11-14(25-28)15-5-3-7-26(15)18(29)10-13(2)27-8-4-6-23-27/h4,6,8,11-13,15-16,24H,3,5,7,9-10H2,1-2H3/t12-,13?,15?,16-/m1/s1. The molecule has 0 aromatic carbocycles. The average molecular weight is 410 g/mol. The number of nitrogens with one attached hydrogen (secondary N) is 1. The summed E-state index contributed by atoms with van der Waals surface area (Å²) in [6, 6.07) is 1.15. The van der Waals surface area contributed by atoms with Gasteiger partial charge >= 0.3 is 6.18 Å². The van der Waals surface area contributed by atoms with Crippen LogP contribution in [0.25, 0.3) is 0 Å². The molecule has 10 heteroatoms. The molecule has 4 heterocycles. The molecule has 2 aromatic heterocycles. The van der Waals surface area contributed by atoms with Crippen molar-refractivity contribution in [2.75, 3.05) is 11.9 Å². The van der Waals surface area contributed by atoms with Gasteiger partial charge in [0.1, 0.15) is 5.82 Å². The summed E-state index contributed by atoms with van der Waals surface area (Å²) in [5.41, 5.74) is 0.522. The molecule has 0 radical (unpaired) electrons. The molecule has 4 atom stereocenters. The van der Waals surface area contributed by atoms with Crippen LogP contribution in [-0.4, -0.2) is 49.1 Å². The summed E-state index contributed by atoms with van der Waals surface area (Å²) in [4.78, 5) is 14.7. The Balaban J connectivity index is 1.54. The highest BCUT2D eigenvalue weighted by Crippen LogP contribution is 2.41. The quantitative estimate of drug-likeness (QED) is 0.835. The number of hydrogen-bond donors (Lipinski definition) is 1. The zero-order valence-electron chi connectivity index (χ0n) is 16.4. The number of likely N-dealkylation sites (tertiary alicyclic amines) is 1. The van der Waals surface area contributed by atoms with Gasteiger partial charge in [-0.05, 0) is 39.2 Å². The fourth-order valence-electron chi connectivity index (χ4n) is 4.32. The van der Waals surface area contributed by atoms with Gasteiger partial charge in [-0.15, -0.1) is 0 Å². The summed E-state index contributed by atoms with van der Waals surface area (Å²) in [5.74, 6) is 0.334. The summed E-state index contributed by atoms with van der Waals surface area (Å²) >= 11 is 0. The van der Waals surface area contributed by atoms with Gasteiger partial charge in [0.2, 0.25) is 5.91 Å². The summed E-state index contributed by atoms with van der Waals surface area (Å²) in [5, 5.41) is 11.6. The van der Waals surface area contributed by atoms with E-state index in [1.165, 1.54) is 0 Å². The van der Waals surface area contributed by atoms with Gasteiger partial charge in [-0.3, -0.25) is 9.48 Å². The number of carbonyl (C=O) groups excluding carboxylic acids is 1. The number of rotatable bonds is 4. The predicted molar refractivity (Wildman–Crippen MR) is 100 cm³/mol. The van der Waals surface area contributed by atoms with Crippen molar-refractivity contribution in [3.05, 3.63) is 30.2 Å². The maximum atomic E-state index is 13.5. The number of amides is 1. The van der Waals surface area contributed by atoms with E-state index in [-0.39, 0.29) is 36.9 Å². The van der Waals surface area contributed by atoms with Crippen molar-refractivity contribution in [1.29, 1.82) is 0 Å². The average Bonchev–Trinajstić information content (AvgIpc) is 3.38. The molecule has 1 amide bonds. The van der Waals surface area contributed by atoms with Crippen LogP contribution in [0.2, 0.25) is 0 Å². The summed E-state index contributed by atoms with van der Waals surface area (Å²) in [6.07, 6.45) is 0.844. The minimum Gasteiger partial charge on any atom is -0.368 e. The van der Waals surface area contributed by atoms with Crippen LogP contribution in [0.4, 0.5) is 19.0 Å². The highest BCUT2D eigenvalue weighted by molar-refractivity contribution is 5.77. The third kappa shape index (κ3) is 3.84. The van der Waals surface area contributed by atoms with Crippen molar-refractivity contribution < 1.29 is 18.0 Å². The Bertz CT molecular complexity index is 862. The molecule has 0 saturated carbocycles. The van der Waals surface area contributed by atoms with Gasteiger partial charge in [0.05, 0.1) is 17.8 Å². The number of hydrogen-bond acceptors (Lipinski definition) is 4. The van der Waals surface area contributed by atoms with Gasteiger partial charge in [0, 0.05) is 37.5 Å². The molecule has 2 aliphatic heterocycles. The van der Waals surface area contributed by atoms with Crippen LogP contribution in [-0.2, 0) is 4.79 Å². The normalized spacial score (nSPS) is 25.6. The summed E-state index contributed by atoms with van der Waals surface area (Å²) < 4.78 is 43.3. The zero-order chi connectivity index (χ0) is 20.8. The minimum absolute atomic E-state index is 0.0322. The fourth-order valence-corrected chi connectivity index (χ4v) is 4.32.